The third-order valence-corrected chi connectivity index (χ3v) is 5.11. The fourth-order valence-electron chi connectivity index (χ4n) is 3.86. The van der Waals surface area contributed by atoms with E-state index in [1.165, 1.54) is 12.8 Å². The summed E-state index contributed by atoms with van der Waals surface area (Å²) in [6.45, 7) is 5.39. The Bertz CT molecular complexity index is 655. The summed E-state index contributed by atoms with van der Waals surface area (Å²) in [4.78, 5) is 27.0. The standard InChI is InChI=1S/C20H28N2O4/c1-3-25-16-9-10-18(26-4-2)17(12-16)21-20(24)14-11-19(23)22(13-14)15-7-5-6-8-15/h9-10,12,14-15H,3-8,11,13H2,1-2H3,(H,21,24)/t14-/m0/s1. The first-order valence-electron chi connectivity index (χ1n) is 9.62. The minimum atomic E-state index is -0.312. The topological polar surface area (TPSA) is 67.9 Å². The summed E-state index contributed by atoms with van der Waals surface area (Å²) in [6.07, 6.45) is 4.76. The summed E-state index contributed by atoms with van der Waals surface area (Å²) in [5, 5.41) is 2.94. The van der Waals surface area contributed by atoms with Gasteiger partial charge < -0.3 is 19.7 Å². The van der Waals surface area contributed by atoms with Crippen LogP contribution >= 0.6 is 0 Å². The number of nitrogens with one attached hydrogen (secondary N) is 1. The summed E-state index contributed by atoms with van der Waals surface area (Å²) < 4.78 is 11.1. The van der Waals surface area contributed by atoms with Gasteiger partial charge in [-0.3, -0.25) is 9.59 Å². The van der Waals surface area contributed by atoms with Crippen molar-refractivity contribution in [3.8, 4) is 11.5 Å². The average Bonchev–Trinajstić information content (AvgIpc) is 3.27. The first-order valence-corrected chi connectivity index (χ1v) is 9.62. The lowest BCUT2D eigenvalue weighted by Crippen LogP contribution is -2.35. The normalized spacial score (nSPS) is 20.5. The van der Waals surface area contributed by atoms with E-state index in [1.807, 2.05) is 24.8 Å². The molecule has 0 bridgehead atoms. The van der Waals surface area contributed by atoms with Gasteiger partial charge in [-0.25, -0.2) is 0 Å². The number of benzene rings is 1. The quantitative estimate of drug-likeness (QED) is 0.811. The maximum atomic E-state index is 12.8. The van der Waals surface area contributed by atoms with Crippen LogP contribution in [0, 0.1) is 5.92 Å². The highest BCUT2D eigenvalue weighted by Crippen LogP contribution is 2.32. The number of hydrogen-bond acceptors (Lipinski definition) is 4. The number of amides is 2. The molecule has 1 aromatic rings. The molecule has 2 aliphatic rings. The smallest absolute Gasteiger partial charge is 0.229 e. The second-order valence-corrected chi connectivity index (χ2v) is 6.90. The third-order valence-electron chi connectivity index (χ3n) is 5.11. The van der Waals surface area contributed by atoms with E-state index in [4.69, 9.17) is 9.47 Å². The first-order chi connectivity index (χ1) is 12.6. The van der Waals surface area contributed by atoms with Crippen LogP contribution in [0.1, 0.15) is 46.0 Å². The van der Waals surface area contributed by atoms with Gasteiger partial charge in [-0.15, -0.1) is 0 Å². The molecular weight excluding hydrogens is 332 g/mol. The summed E-state index contributed by atoms with van der Waals surface area (Å²) in [5.74, 6) is 0.953. The van der Waals surface area contributed by atoms with Crippen LogP contribution in [0.15, 0.2) is 18.2 Å². The Balaban J connectivity index is 1.69. The molecule has 1 heterocycles. The van der Waals surface area contributed by atoms with Crippen molar-refractivity contribution in [2.75, 3.05) is 25.1 Å². The minimum Gasteiger partial charge on any atom is -0.494 e. The number of nitrogens with zero attached hydrogens (tertiary/aromatic N) is 1. The van der Waals surface area contributed by atoms with Gasteiger partial charge >= 0.3 is 0 Å². The van der Waals surface area contributed by atoms with Crippen LogP contribution in [-0.4, -0.2) is 42.5 Å². The van der Waals surface area contributed by atoms with Gasteiger partial charge in [0.05, 0.1) is 24.8 Å². The average molecular weight is 360 g/mol. The molecule has 2 amide bonds. The largest absolute Gasteiger partial charge is 0.494 e. The number of hydrogen-bond donors (Lipinski definition) is 1. The Hall–Kier alpha value is -2.24. The van der Waals surface area contributed by atoms with E-state index in [1.54, 1.807) is 12.1 Å². The molecule has 0 unspecified atom stereocenters. The lowest BCUT2D eigenvalue weighted by atomic mass is 10.1. The molecular formula is C20H28N2O4. The number of anilines is 1. The molecule has 0 aromatic heterocycles. The van der Waals surface area contributed by atoms with Crippen LogP contribution in [0.4, 0.5) is 5.69 Å². The highest BCUT2D eigenvalue weighted by Gasteiger charge is 2.38. The fraction of sp³-hybridized carbons (Fsp3) is 0.600. The van der Waals surface area contributed by atoms with Crippen LogP contribution in [-0.2, 0) is 9.59 Å². The van der Waals surface area contributed by atoms with Crippen LogP contribution in [0.3, 0.4) is 0 Å². The minimum absolute atomic E-state index is 0.102. The zero-order chi connectivity index (χ0) is 18.5. The van der Waals surface area contributed by atoms with E-state index >= 15 is 0 Å². The SMILES string of the molecule is CCOc1ccc(OCC)c(NC(=O)[C@H]2CC(=O)N(C3CCCC3)C2)c1. The van der Waals surface area contributed by atoms with Crippen LogP contribution in [0.2, 0.25) is 0 Å². The van der Waals surface area contributed by atoms with Gasteiger partial charge in [-0.2, -0.15) is 0 Å². The van der Waals surface area contributed by atoms with Crippen molar-refractivity contribution in [2.24, 2.45) is 5.92 Å². The summed E-state index contributed by atoms with van der Waals surface area (Å²) >= 11 is 0. The molecule has 0 spiro atoms. The molecule has 2 fully saturated rings. The Morgan fingerprint density at radius 3 is 2.62 bits per heavy atom. The predicted molar refractivity (Wildman–Crippen MR) is 99.5 cm³/mol. The molecule has 6 heteroatoms. The van der Waals surface area contributed by atoms with E-state index in [0.717, 1.165) is 12.8 Å². The van der Waals surface area contributed by atoms with E-state index in [2.05, 4.69) is 5.32 Å². The van der Waals surface area contributed by atoms with Gasteiger partial charge in [-0.05, 0) is 38.8 Å². The van der Waals surface area contributed by atoms with Gasteiger partial charge in [-0.1, -0.05) is 12.8 Å². The molecule has 1 aliphatic carbocycles. The Morgan fingerprint density at radius 2 is 1.92 bits per heavy atom. The van der Waals surface area contributed by atoms with Crippen LogP contribution in [0.25, 0.3) is 0 Å². The van der Waals surface area contributed by atoms with E-state index in [0.29, 0.717) is 43.0 Å². The fourth-order valence-corrected chi connectivity index (χ4v) is 3.86. The number of ether oxygens (including phenoxy) is 2. The van der Waals surface area contributed by atoms with Crippen molar-refractivity contribution >= 4 is 17.5 Å². The Morgan fingerprint density at radius 1 is 1.19 bits per heavy atom. The number of likely N-dealkylation sites (tertiary alicyclic amines) is 1. The van der Waals surface area contributed by atoms with Crippen molar-refractivity contribution in [2.45, 2.75) is 52.0 Å². The molecule has 0 radical (unpaired) electrons. The summed E-state index contributed by atoms with van der Waals surface area (Å²) in [7, 11) is 0. The zero-order valence-electron chi connectivity index (χ0n) is 15.6. The first kappa shape index (κ1) is 18.5. The highest BCUT2D eigenvalue weighted by molar-refractivity contribution is 5.98. The lowest BCUT2D eigenvalue weighted by Gasteiger charge is -2.24. The molecule has 1 N–H and O–H groups in total. The number of rotatable bonds is 7. The van der Waals surface area contributed by atoms with Gasteiger partial charge in [0.25, 0.3) is 0 Å². The molecule has 3 rings (SSSR count). The Labute approximate surface area is 154 Å². The molecule has 6 nitrogen and oxygen atoms in total. The summed E-state index contributed by atoms with van der Waals surface area (Å²) in [5.41, 5.74) is 0.592. The van der Waals surface area contributed by atoms with Crippen molar-refractivity contribution < 1.29 is 19.1 Å². The van der Waals surface area contributed by atoms with Crippen molar-refractivity contribution in [3.05, 3.63) is 18.2 Å². The molecule has 1 aliphatic heterocycles. The monoisotopic (exact) mass is 360 g/mol. The van der Waals surface area contributed by atoms with Crippen molar-refractivity contribution in [1.29, 1.82) is 0 Å². The van der Waals surface area contributed by atoms with Gasteiger partial charge in [0.1, 0.15) is 11.5 Å². The van der Waals surface area contributed by atoms with Crippen LogP contribution < -0.4 is 14.8 Å². The van der Waals surface area contributed by atoms with Gasteiger partial charge in [0, 0.05) is 25.1 Å². The Kier molecular flexibility index (Phi) is 6.01. The second-order valence-electron chi connectivity index (χ2n) is 6.90. The molecule has 1 aromatic carbocycles. The molecule has 142 valence electrons. The second kappa shape index (κ2) is 8.43. The number of carbonyl (C=O) groups excluding carboxylic acids is 2. The van der Waals surface area contributed by atoms with E-state index in [9.17, 15) is 9.59 Å². The van der Waals surface area contributed by atoms with Crippen molar-refractivity contribution in [1.82, 2.24) is 4.90 Å². The molecule has 1 atom stereocenters. The zero-order valence-corrected chi connectivity index (χ0v) is 15.6. The van der Waals surface area contributed by atoms with Gasteiger partial charge in [0.15, 0.2) is 0 Å². The number of carbonyl (C=O) groups is 2. The van der Waals surface area contributed by atoms with Crippen LogP contribution in [0.5, 0.6) is 11.5 Å². The lowest BCUT2D eigenvalue weighted by molar-refractivity contribution is -0.129. The molecule has 26 heavy (non-hydrogen) atoms. The third kappa shape index (κ3) is 4.11. The molecule has 1 saturated heterocycles. The van der Waals surface area contributed by atoms with E-state index < -0.39 is 0 Å². The van der Waals surface area contributed by atoms with Crippen molar-refractivity contribution in [3.63, 3.8) is 0 Å². The van der Waals surface area contributed by atoms with E-state index in [-0.39, 0.29) is 24.2 Å². The maximum Gasteiger partial charge on any atom is 0.229 e. The van der Waals surface area contributed by atoms with Gasteiger partial charge in [0.2, 0.25) is 11.8 Å². The molecule has 1 saturated carbocycles. The maximum absolute atomic E-state index is 12.8. The summed E-state index contributed by atoms with van der Waals surface area (Å²) in [6, 6.07) is 5.72. The highest BCUT2D eigenvalue weighted by atomic mass is 16.5. The predicted octanol–water partition coefficient (Wildman–Crippen LogP) is 3.21.